The van der Waals surface area contributed by atoms with E-state index in [2.05, 4.69) is 71.6 Å². The lowest BCUT2D eigenvalue weighted by molar-refractivity contribution is -0.0713. The van der Waals surface area contributed by atoms with Crippen molar-refractivity contribution in [3.63, 3.8) is 0 Å². The number of hydrogen-bond donors (Lipinski definition) is 0. The highest BCUT2D eigenvalue weighted by Gasteiger charge is 2.21. The van der Waals surface area contributed by atoms with Gasteiger partial charge in [-0.05, 0) is 86.6 Å². The first kappa shape index (κ1) is 41.8. The van der Waals surface area contributed by atoms with Gasteiger partial charge in [-0.3, -0.25) is 4.90 Å². The minimum Gasteiger partial charge on any atom is -0.493 e. The van der Waals surface area contributed by atoms with Crippen LogP contribution >= 0.6 is 21.6 Å². The van der Waals surface area contributed by atoms with Crippen LogP contribution in [0.4, 0.5) is 0 Å². The fourth-order valence-electron chi connectivity index (χ4n) is 6.73. The van der Waals surface area contributed by atoms with Gasteiger partial charge in [-0.1, -0.05) is 127 Å². The van der Waals surface area contributed by atoms with Gasteiger partial charge in [-0.15, -0.1) is 0 Å². The second-order valence-corrected chi connectivity index (χ2v) is 17.1. The van der Waals surface area contributed by atoms with Crippen LogP contribution < -0.4 is 4.74 Å². The van der Waals surface area contributed by atoms with Gasteiger partial charge in [0.2, 0.25) is 0 Å². The van der Waals surface area contributed by atoms with Crippen LogP contribution in [0.1, 0.15) is 143 Å². The molecule has 46 heavy (non-hydrogen) atoms. The van der Waals surface area contributed by atoms with Gasteiger partial charge in [-0.2, -0.15) is 0 Å². The molecule has 4 nitrogen and oxygen atoms in total. The molecular weight excluding hydrogens is 607 g/mol. The van der Waals surface area contributed by atoms with Crippen molar-refractivity contribution in [1.29, 1.82) is 0 Å². The van der Waals surface area contributed by atoms with Crippen LogP contribution in [-0.4, -0.2) is 61.5 Å². The minimum atomic E-state index is 0.212. The molecule has 4 atom stereocenters. The third-order valence-corrected chi connectivity index (χ3v) is 12.0. The Morgan fingerprint density at radius 3 is 2.09 bits per heavy atom. The zero-order chi connectivity index (χ0) is 33.4. The maximum absolute atomic E-state index is 6.25. The molecule has 0 saturated heterocycles. The second kappa shape index (κ2) is 26.5. The van der Waals surface area contributed by atoms with E-state index in [0.29, 0.717) is 0 Å². The Labute approximate surface area is 294 Å². The van der Waals surface area contributed by atoms with E-state index >= 15 is 0 Å². The summed E-state index contributed by atoms with van der Waals surface area (Å²) in [7, 11) is 3.78. The highest BCUT2D eigenvalue weighted by Crippen LogP contribution is 2.27. The highest BCUT2D eigenvalue weighted by molar-refractivity contribution is 8.76. The van der Waals surface area contributed by atoms with Crippen molar-refractivity contribution in [3.8, 4) is 5.75 Å². The molecule has 0 aliphatic carbocycles. The third kappa shape index (κ3) is 19.0. The van der Waals surface area contributed by atoms with Gasteiger partial charge >= 0.3 is 0 Å². The molecule has 0 spiro atoms. The number of hydrogen-bond acceptors (Lipinski definition) is 6. The van der Waals surface area contributed by atoms with E-state index in [0.717, 1.165) is 80.6 Å². The van der Waals surface area contributed by atoms with Crippen LogP contribution in [0.3, 0.4) is 0 Å². The summed E-state index contributed by atoms with van der Waals surface area (Å²) in [5, 5.41) is 0. The molecule has 6 heteroatoms. The van der Waals surface area contributed by atoms with Crippen molar-refractivity contribution >= 4 is 21.6 Å². The Balaban J connectivity index is 1.54. The first-order valence-corrected chi connectivity index (χ1v) is 21.8. The standard InChI is InChI=1S/C40H73NO3S2/c1-8-11-12-21-40(42-10-3)39(9-2)44-28-30-46-45-29-27-43-38-23-22-37-32-41(26-24-36(37)31-38)25-15-20-35(7)19-14-18-34(6)17-13-16-33(4)5/h22-23,31,33-35,39-40H,8-21,24-30,32H2,1-7H3. The summed E-state index contributed by atoms with van der Waals surface area (Å²) in [6.45, 7) is 22.0. The molecule has 1 aromatic rings. The van der Waals surface area contributed by atoms with Gasteiger partial charge in [0, 0.05) is 31.2 Å². The van der Waals surface area contributed by atoms with Crippen LogP contribution in [0.2, 0.25) is 0 Å². The predicted octanol–water partition coefficient (Wildman–Crippen LogP) is 11.6. The van der Waals surface area contributed by atoms with Gasteiger partial charge in [0.15, 0.2) is 0 Å². The fourth-order valence-corrected chi connectivity index (χ4v) is 8.40. The van der Waals surface area contributed by atoms with Crippen LogP contribution in [0, 0.1) is 17.8 Å². The Bertz CT molecular complexity index is 869. The summed E-state index contributed by atoms with van der Waals surface area (Å²) in [5.41, 5.74) is 2.97. The zero-order valence-corrected chi connectivity index (χ0v) is 32.8. The maximum atomic E-state index is 6.25. The molecular formula is C40H73NO3S2. The molecule has 0 radical (unpaired) electrons. The minimum absolute atomic E-state index is 0.212. The van der Waals surface area contributed by atoms with Gasteiger partial charge in [0.25, 0.3) is 0 Å². The summed E-state index contributed by atoms with van der Waals surface area (Å²) in [6.07, 6.45) is 18.6. The van der Waals surface area contributed by atoms with E-state index in [1.807, 2.05) is 21.6 Å². The first-order valence-electron chi connectivity index (χ1n) is 19.3. The Morgan fingerprint density at radius 2 is 1.41 bits per heavy atom. The third-order valence-electron chi connectivity index (χ3n) is 9.62. The average Bonchev–Trinajstić information content (AvgIpc) is 3.03. The van der Waals surface area contributed by atoms with E-state index < -0.39 is 0 Å². The second-order valence-electron chi connectivity index (χ2n) is 14.4. The monoisotopic (exact) mass is 680 g/mol. The number of ether oxygens (including phenoxy) is 3. The molecule has 0 bridgehead atoms. The zero-order valence-electron chi connectivity index (χ0n) is 31.2. The quantitative estimate of drug-likeness (QED) is 0.0619. The highest BCUT2D eigenvalue weighted by atomic mass is 33.1. The lowest BCUT2D eigenvalue weighted by Gasteiger charge is -2.29. The summed E-state index contributed by atoms with van der Waals surface area (Å²) in [6, 6.07) is 6.79. The lowest BCUT2D eigenvalue weighted by atomic mass is 9.92. The summed E-state index contributed by atoms with van der Waals surface area (Å²) in [5.74, 6) is 5.63. The molecule has 2 rings (SSSR count). The van der Waals surface area contributed by atoms with Crippen molar-refractivity contribution in [2.24, 2.45) is 17.8 Å². The molecule has 0 aromatic heterocycles. The van der Waals surface area contributed by atoms with E-state index in [1.165, 1.54) is 94.8 Å². The van der Waals surface area contributed by atoms with Crippen molar-refractivity contribution < 1.29 is 14.2 Å². The molecule has 268 valence electrons. The van der Waals surface area contributed by atoms with Crippen LogP contribution in [-0.2, 0) is 22.4 Å². The average molecular weight is 680 g/mol. The molecule has 1 heterocycles. The fraction of sp³-hybridized carbons (Fsp3) is 0.850. The van der Waals surface area contributed by atoms with Crippen LogP contribution in [0.25, 0.3) is 0 Å². The SMILES string of the molecule is CCCCCC(OCC)C(CC)OCCSSCCOc1ccc2c(c1)CCN(CCCC(C)CCCC(C)CCCC(C)C)C2. The smallest absolute Gasteiger partial charge is 0.119 e. The van der Waals surface area contributed by atoms with Crippen LogP contribution in [0.15, 0.2) is 18.2 Å². The Kier molecular flexibility index (Phi) is 24.0. The number of nitrogens with zero attached hydrogens (tertiary/aromatic N) is 1. The molecule has 0 N–H and O–H groups in total. The topological polar surface area (TPSA) is 30.9 Å². The maximum Gasteiger partial charge on any atom is 0.119 e. The van der Waals surface area contributed by atoms with Gasteiger partial charge in [0.1, 0.15) is 5.75 Å². The van der Waals surface area contributed by atoms with E-state index in [4.69, 9.17) is 14.2 Å². The normalized spacial score (nSPS) is 16.3. The van der Waals surface area contributed by atoms with Crippen molar-refractivity contribution in [1.82, 2.24) is 4.90 Å². The summed E-state index contributed by atoms with van der Waals surface area (Å²) < 4.78 is 18.4. The molecule has 0 amide bonds. The van der Waals surface area contributed by atoms with Gasteiger partial charge < -0.3 is 14.2 Å². The summed E-state index contributed by atoms with van der Waals surface area (Å²) in [4.78, 5) is 2.66. The molecule has 1 aliphatic heterocycles. The molecule has 4 unspecified atom stereocenters. The summed E-state index contributed by atoms with van der Waals surface area (Å²) >= 11 is 0. The Morgan fingerprint density at radius 1 is 0.717 bits per heavy atom. The van der Waals surface area contributed by atoms with E-state index in [9.17, 15) is 0 Å². The van der Waals surface area contributed by atoms with Crippen LogP contribution in [0.5, 0.6) is 5.75 Å². The van der Waals surface area contributed by atoms with E-state index in [1.54, 1.807) is 0 Å². The van der Waals surface area contributed by atoms with Crippen molar-refractivity contribution in [2.45, 2.75) is 157 Å². The van der Waals surface area contributed by atoms with Gasteiger partial charge in [-0.25, -0.2) is 0 Å². The van der Waals surface area contributed by atoms with Gasteiger partial charge in [0.05, 0.1) is 25.4 Å². The largest absolute Gasteiger partial charge is 0.493 e. The predicted molar refractivity (Wildman–Crippen MR) is 206 cm³/mol. The molecule has 1 aliphatic rings. The number of rotatable bonds is 29. The number of benzene rings is 1. The number of unbranched alkanes of at least 4 members (excludes halogenated alkanes) is 2. The first-order chi connectivity index (χ1) is 22.4. The number of fused-ring (bicyclic) bond motifs is 1. The van der Waals surface area contributed by atoms with E-state index in [-0.39, 0.29) is 12.2 Å². The molecule has 0 fully saturated rings. The molecule has 0 saturated carbocycles. The Hall–Kier alpha value is -0.400. The molecule has 1 aromatic carbocycles. The van der Waals surface area contributed by atoms with Crippen molar-refractivity contribution in [3.05, 3.63) is 29.3 Å². The van der Waals surface area contributed by atoms with Crippen molar-refractivity contribution in [2.75, 3.05) is 44.4 Å². The lowest BCUT2D eigenvalue weighted by Crippen LogP contribution is -2.32.